The van der Waals surface area contributed by atoms with E-state index in [0.717, 1.165) is 0 Å². The van der Waals surface area contributed by atoms with Gasteiger partial charge in [-0.1, -0.05) is 0 Å². The number of esters is 1. The smallest absolute Gasteiger partial charge is 0.358 e. The minimum Gasteiger partial charge on any atom is -0.476 e. The summed E-state index contributed by atoms with van der Waals surface area (Å²) in [6.45, 7) is 0. The Morgan fingerprint density at radius 2 is 1.85 bits per heavy atom. The monoisotopic (exact) mass is 182 g/mol. The standard InChI is InChI=1S/C7H6N2O4/c1-13-7(12)5-3-2-4(6(10)11)8-9-5/h2-3H,1H3,(H,10,11). The summed E-state index contributed by atoms with van der Waals surface area (Å²) in [5, 5.41) is 15.1. The van der Waals surface area contributed by atoms with Crippen LogP contribution in [0.2, 0.25) is 0 Å². The number of nitrogens with zero attached hydrogens (tertiary/aromatic N) is 2. The van der Waals surface area contributed by atoms with E-state index >= 15 is 0 Å². The lowest BCUT2D eigenvalue weighted by Crippen LogP contribution is -2.08. The number of hydrogen-bond donors (Lipinski definition) is 1. The Labute approximate surface area is 73.2 Å². The Bertz CT molecular complexity index is 333. The van der Waals surface area contributed by atoms with E-state index in [-0.39, 0.29) is 11.4 Å². The van der Waals surface area contributed by atoms with Crippen LogP contribution in [0.15, 0.2) is 12.1 Å². The Morgan fingerprint density at radius 3 is 2.23 bits per heavy atom. The molecule has 0 radical (unpaired) electrons. The molecule has 0 saturated carbocycles. The van der Waals surface area contributed by atoms with Gasteiger partial charge in [-0.15, -0.1) is 10.2 Å². The largest absolute Gasteiger partial charge is 0.476 e. The molecule has 1 heterocycles. The van der Waals surface area contributed by atoms with Crippen LogP contribution in [0.25, 0.3) is 0 Å². The molecule has 1 N–H and O–H groups in total. The summed E-state index contributed by atoms with van der Waals surface area (Å²) in [5.41, 5.74) is -0.236. The Hall–Kier alpha value is -1.98. The fourth-order valence-corrected chi connectivity index (χ4v) is 0.660. The van der Waals surface area contributed by atoms with Crippen LogP contribution in [0.5, 0.6) is 0 Å². The van der Waals surface area contributed by atoms with Crippen LogP contribution in [-0.4, -0.2) is 34.4 Å². The zero-order valence-corrected chi connectivity index (χ0v) is 6.72. The van der Waals surface area contributed by atoms with Crippen molar-refractivity contribution in [2.75, 3.05) is 7.11 Å². The summed E-state index contributed by atoms with van der Waals surface area (Å²) in [4.78, 5) is 21.2. The predicted molar refractivity (Wildman–Crippen MR) is 40.3 cm³/mol. The lowest BCUT2D eigenvalue weighted by atomic mass is 10.3. The maximum absolute atomic E-state index is 10.8. The first-order valence-corrected chi connectivity index (χ1v) is 3.30. The fraction of sp³-hybridized carbons (Fsp3) is 0.143. The van der Waals surface area contributed by atoms with Crippen molar-refractivity contribution in [1.29, 1.82) is 0 Å². The first-order chi connectivity index (χ1) is 6.15. The van der Waals surface area contributed by atoms with Gasteiger partial charge in [0.15, 0.2) is 11.4 Å². The van der Waals surface area contributed by atoms with Crippen LogP contribution < -0.4 is 0 Å². The summed E-state index contributed by atoms with van der Waals surface area (Å²) >= 11 is 0. The number of carbonyl (C=O) groups is 2. The van der Waals surface area contributed by atoms with Gasteiger partial charge in [0.05, 0.1) is 7.11 Å². The molecular formula is C7H6N2O4. The molecule has 0 unspecified atom stereocenters. The summed E-state index contributed by atoms with van der Waals surface area (Å²) in [5.74, 6) is -1.84. The van der Waals surface area contributed by atoms with E-state index in [1.165, 1.54) is 19.2 Å². The Kier molecular flexibility index (Phi) is 2.53. The average Bonchev–Trinajstić information content (AvgIpc) is 2.17. The Balaban J connectivity index is 2.93. The quantitative estimate of drug-likeness (QED) is 0.645. The van der Waals surface area contributed by atoms with Gasteiger partial charge >= 0.3 is 11.9 Å². The van der Waals surface area contributed by atoms with Gasteiger partial charge in [0.25, 0.3) is 0 Å². The van der Waals surface area contributed by atoms with Crippen LogP contribution >= 0.6 is 0 Å². The number of ether oxygens (including phenoxy) is 1. The van der Waals surface area contributed by atoms with Gasteiger partial charge in [-0.25, -0.2) is 9.59 Å². The fourth-order valence-electron chi connectivity index (χ4n) is 0.660. The van der Waals surface area contributed by atoms with Gasteiger partial charge in [0, 0.05) is 0 Å². The van der Waals surface area contributed by atoms with Gasteiger partial charge in [0.1, 0.15) is 0 Å². The van der Waals surface area contributed by atoms with Crippen LogP contribution in [0.1, 0.15) is 21.0 Å². The number of rotatable bonds is 2. The second-order valence-corrected chi connectivity index (χ2v) is 2.10. The molecule has 0 amide bonds. The summed E-state index contributed by atoms with van der Waals surface area (Å²) in [7, 11) is 1.20. The van der Waals surface area contributed by atoms with Crippen molar-refractivity contribution in [2.24, 2.45) is 0 Å². The molecule has 0 aliphatic rings. The molecule has 68 valence electrons. The number of hydrogen-bond acceptors (Lipinski definition) is 5. The lowest BCUT2D eigenvalue weighted by Gasteiger charge is -1.96. The van der Waals surface area contributed by atoms with E-state index in [0.29, 0.717) is 0 Å². The first kappa shape index (κ1) is 9.11. The first-order valence-electron chi connectivity index (χ1n) is 3.30. The molecule has 0 saturated heterocycles. The molecule has 0 aliphatic carbocycles. The zero-order valence-electron chi connectivity index (χ0n) is 6.72. The van der Waals surface area contributed by atoms with Crippen LogP contribution in [0.4, 0.5) is 0 Å². The van der Waals surface area contributed by atoms with Gasteiger partial charge in [-0.05, 0) is 12.1 Å². The Morgan fingerprint density at radius 1 is 1.31 bits per heavy atom. The number of carboxylic acids is 1. The number of carbonyl (C=O) groups excluding carboxylic acids is 1. The van der Waals surface area contributed by atoms with Gasteiger partial charge in [0.2, 0.25) is 0 Å². The van der Waals surface area contributed by atoms with Gasteiger partial charge in [-0.2, -0.15) is 0 Å². The molecule has 0 atom stereocenters. The number of methoxy groups -OCH3 is 1. The van der Waals surface area contributed by atoms with Gasteiger partial charge < -0.3 is 9.84 Å². The minimum absolute atomic E-state index is 0.0208. The number of aromatic nitrogens is 2. The second kappa shape index (κ2) is 3.61. The molecule has 6 nitrogen and oxygen atoms in total. The van der Waals surface area contributed by atoms with E-state index in [1.807, 2.05) is 0 Å². The molecular weight excluding hydrogens is 176 g/mol. The summed E-state index contributed by atoms with van der Waals surface area (Å²) in [6, 6.07) is 2.42. The van der Waals surface area contributed by atoms with Crippen LogP contribution in [-0.2, 0) is 4.74 Å². The minimum atomic E-state index is -1.19. The maximum Gasteiger partial charge on any atom is 0.358 e. The van der Waals surface area contributed by atoms with E-state index < -0.39 is 11.9 Å². The molecule has 13 heavy (non-hydrogen) atoms. The molecule has 1 rings (SSSR count). The van der Waals surface area contributed by atoms with Crippen molar-refractivity contribution in [2.45, 2.75) is 0 Å². The van der Waals surface area contributed by atoms with Gasteiger partial charge in [-0.3, -0.25) is 0 Å². The number of carboxylic acid groups (broad SMARTS) is 1. The highest BCUT2D eigenvalue weighted by molar-refractivity contribution is 5.88. The second-order valence-electron chi connectivity index (χ2n) is 2.10. The van der Waals surface area contributed by atoms with Crippen molar-refractivity contribution in [3.8, 4) is 0 Å². The lowest BCUT2D eigenvalue weighted by molar-refractivity contribution is 0.0589. The molecule has 0 aromatic carbocycles. The van der Waals surface area contributed by atoms with E-state index in [9.17, 15) is 9.59 Å². The molecule has 1 aromatic heterocycles. The van der Waals surface area contributed by atoms with Crippen LogP contribution in [0.3, 0.4) is 0 Å². The molecule has 6 heteroatoms. The van der Waals surface area contributed by atoms with Crippen molar-refractivity contribution in [3.63, 3.8) is 0 Å². The molecule has 0 spiro atoms. The third-order valence-corrected chi connectivity index (χ3v) is 1.28. The number of aromatic carboxylic acids is 1. The van der Waals surface area contributed by atoms with E-state index in [4.69, 9.17) is 5.11 Å². The normalized spacial score (nSPS) is 9.31. The molecule has 1 aromatic rings. The van der Waals surface area contributed by atoms with Crippen LogP contribution in [0, 0.1) is 0 Å². The predicted octanol–water partition coefficient (Wildman–Crippen LogP) is -0.0386. The molecule has 0 bridgehead atoms. The molecule has 0 aliphatic heterocycles. The highest BCUT2D eigenvalue weighted by atomic mass is 16.5. The summed E-state index contributed by atoms with van der Waals surface area (Å²) in [6.07, 6.45) is 0. The SMILES string of the molecule is COC(=O)c1ccc(C(=O)O)nn1. The third-order valence-electron chi connectivity index (χ3n) is 1.28. The van der Waals surface area contributed by atoms with Crippen molar-refractivity contribution in [3.05, 3.63) is 23.5 Å². The van der Waals surface area contributed by atoms with Crippen molar-refractivity contribution in [1.82, 2.24) is 10.2 Å². The van der Waals surface area contributed by atoms with E-state index in [1.54, 1.807) is 0 Å². The van der Waals surface area contributed by atoms with E-state index in [2.05, 4.69) is 14.9 Å². The highest BCUT2D eigenvalue weighted by Gasteiger charge is 2.10. The zero-order chi connectivity index (χ0) is 9.84. The highest BCUT2D eigenvalue weighted by Crippen LogP contribution is 1.97. The van der Waals surface area contributed by atoms with Crippen molar-refractivity contribution >= 4 is 11.9 Å². The maximum atomic E-state index is 10.8. The third kappa shape index (κ3) is 1.98. The average molecular weight is 182 g/mol. The molecule has 0 fully saturated rings. The van der Waals surface area contributed by atoms with Crippen molar-refractivity contribution < 1.29 is 19.4 Å². The topological polar surface area (TPSA) is 89.4 Å². The summed E-state index contributed by atoms with van der Waals surface area (Å²) < 4.78 is 4.35.